The predicted octanol–water partition coefficient (Wildman–Crippen LogP) is 4.93. The van der Waals surface area contributed by atoms with Crippen molar-refractivity contribution in [3.8, 4) is 0 Å². The zero-order chi connectivity index (χ0) is 22.6. The molecule has 4 rings (SSSR count). The van der Waals surface area contributed by atoms with E-state index in [1.165, 1.54) is 5.57 Å². The van der Waals surface area contributed by atoms with Crippen molar-refractivity contribution in [1.29, 1.82) is 0 Å². The van der Waals surface area contributed by atoms with Crippen molar-refractivity contribution in [3.63, 3.8) is 0 Å². The van der Waals surface area contributed by atoms with Crippen molar-refractivity contribution in [2.24, 2.45) is 46.3 Å². The molecular weight excluding hydrogens is 388 g/mol. The van der Waals surface area contributed by atoms with Crippen molar-refractivity contribution in [1.82, 2.24) is 0 Å². The second-order valence-electron chi connectivity index (χ2n) is 11.8. The van der Waals surface area contributed by atoms with Gasteiger partial charge in [-0.1, -0.05) is 33.3 Å². The Balaban J connectivity index is 1.61. The Kier molecular flexibility index (Phi) is 6.09. The number of carbonyl (C=O) groups is 3. The third kappa shape index (κ3) is 3.57. The largest absolute Gasteiger partial charge is 0.393 e. The fourth-order valence-electron chi connectivity index (χ4n) is 8.12. The van der Waals surface area contributed by atoms with Gasteiger partial charge in [0.25, 0.3) is 0 Å². The normalized spacial score (nSPS) is 41.8. The molecular formula is C27H40O4. The zero-order valence-corrected chi connectivity index (χ0v) is 19.7. The van der Waals surface area contributed by atoms with Gasteiger partial charge in [-0.25, -0.2) is 0 Å². The Hall–Kier alpha value is -1.29. The first-order chi connectivity index (χ1) is 14.6. The SMILES string of the molecule is CC(C)CCC(O)C(C)C1C(=O)CC2C3CCC4=CC(=O)CCC4(C)C3CCC21C=O. The van der Waals surface area contributed by atoms with Crippen LogP contribution in [-0.4, -0.2) is 29.1 Å². The van der Waals surface area contributed by atoms with E-state index in [1.807, 2.05) is 13.0 Å². The minimum absolute atomic E-state index is 0.0371. The molecule has 0 aromatic carbocycles. The van der Waals surface area contributed by atoms with Crippen LogP contribution in [0.3, 0.4) is 0 Å². The highest BCUT2D eigenvalue weighted by Crippen LogP contribution is 2.66. The molecule has 0 amide bonds. The molecule has 1 N–H and O–H groups in total. The van der Waals surface area contributed by atoms with Gasteiger partial charge in [0.05, 0.1) is 6.10 Å². The van der Waals surface area contributed by atoms with Crippen LogP contribution in [0.5, 0.6) is 0 Å². The van der Waals surface area contributed by atoms with E-state index in [4.69, 9.17) is 0 Å². The summed E-state index contributed by atoms with van der Waals surface area (Å²) in [5, 5.41) is 10.9. The van der Waals surface area contributed by atoms with E-state index in [-0.39, 0.29) is 34.7 Å². The Morgan fingerprint density at radius 3 is 2.52 bits per heavy atom. The summed E-state index contributed by atoms with van der Waals surface area (Å²) in [6, 6.07) is 0. The molecule has 0 heterocycles. The van der Waals surface area contributed by atoms with E-state index in [9.17, 15) is 19.5 Å². The van der Waals surface area contributed by atoms with E-state index in [2.05, 4.69) is 20.8 Å². The van der Waals surface area contributed by atoms with Crippen LogP contribution in [0.1, 0.15) is 85.5 Å². The number of hydrogen-bond donors (Lipinski definition) is 1. The first-order valence-electron chi connectivity index (χ1n) is 12.5. The van der Waals surface area contributed by atoms with Crippen LogP contribution in [-0.2, 0) is 14.4 Å². The van der Waals surface area contributed by atoms with Crippen LogP contribution in [0.4, 0.5) is 0 Å². The summed E-state index contributed by atoms with van der Waals surface area (Å²) in [7, 11) is 0. The number of ketones is 2. The summed E-state index contributed by atoms with van der Waals surface area (Å²) in [5.41, 5.74) is 0.732. The van der Waals surface area contributed by atoms with E-state index < -0.39 is 11.5 Å². The van der Waals surface area contributed by atoms with Crippen LogP contribution in [0.2, 0.25) is 0 Å². The molecule has 0 bridgehead atoms. The number of carbonyl (C=O) groups excluding carboxylic acids is 3. The lowest BCUT2D eigenvalue weighted by Gasteiger charge is -2.57. The smallest absolute Gasteiger partial charge is 0.155 e. The maximum absolute atomic E-state index is 13.3. The topological polar surface area (TPSA) is 71.4 Å². The molecule has 4 aliphatic carbocycles. The Labute approximate surface area is 187 Å². The van der Waals surface area contributed by atoms with E-state index in [1.54, 1.807) is 0 Å². The molecule has 3 fully saturated rings. The molecule has 4 nitrogen and oxygen atoms in total. The van der Waals surface area contributed by atoms with Gasteiger partial charge in [-0.15, -0.1) is 0 Å². The van der Waals surface area contributed by atoms with Crippen LogP contribution in [0, 0.1) is 46.3 Å². The van der Waals surface area contributed by atoms with Gasteiger partial charge in [-0.3, -0.25) is 9.59 Å². The lowest BCUT2D eigenvalue weighted by Crippen LogP contribution is -2.53. The highest BCUT2D eigenvalue weighted by atomic mass is 16.3. The number of Topliss-reactive ketones (excluding diaryl/α,β-unsaturated/α-hetero) is 1. The molecule has 4 heteroatoms. The Bertz CT molecular complexity index is 782. The van der Waals surface area contributed by atoms with Gasteiger partial charge in [0.1, 0.15) is 12.1 Å². The van der Waals surface area contributed by atoms with Crippen molar-refractivity contribution in [2.75, 3.05) is 0 Å². The summed E-state index contributed by atoms with van der Waals surface area (Å²) >= 11 is 0. The van der Waals surface area contributed by atoms with E-state index >= 15 is 0 Å². The first-order valence-corrected chi connectivity index (χ1v) is 12.5. The van der Waals surface area contributed by atoms with E-state index in [0.717, 1.165) is 44.8 Å². The highest BCUT2D eigenvalue weighted by molar-refractivity contribution is 5.92. The molecule has 0 aliphatic heterocycles. The quantitative estimate of drug-likeness (QED) is 0.609. The molecule has 3 saturated carbocycles. The third-order valence-corrected chi connectivity index (χ3v) is 9.88. The standard InChI is InChI=1S/C27H40O4/c1-16(2)5-8-23(30)17(3)25-24(31)14-22-20-7-6-18-13-19(29)9-11-26(18,4)21(20)10-12-27(22,25)15-28/h13,15-17,20-23,25,30H,5-12,14H2,1-4H3. The number of rotatable bonds is 6. The maximum Gasteiger partial charge on any atom is 0.155 e. The highest BCUT2D eigenvalue weighted by Gasteiger charge is 2.64. The molecule has 0 spiro atoms. The van der Waals surface area contributed by atoms with Crippen molar-refractivity contribution >= 4 is 17.9 Å². The molecule has 0 aromatic rings. The fraction of sp³-hybridized carbons (Fsp3) is 0.815. The lowest BCUT2D eigenvalue weighted by atomic mass is 9.46. The van der Waals surface area contributed by atoms with E-state index in [0.29, 0.717) is 37.0 Å². The molecule has 0 saturated heterocycles. The molecule has 172 valence electrons. The Morgan fingerprint density at radius 2 is 1.84 bits per heavy atom. The summed E-state index contributed by atoms with van der Waals surface area (Å²) < 4.78 is 0. The lowest BCUT2D eigenvalue weighted by molar-refractivity contribution is -0.140. The molecule has 8 unspecified atom stereocenters. The fourth-order valence-corrected chi connectivity index (χ4v) is 8.12. The van der Waals surface area contributed by atoms with Gasteiger partial charge in [-0.05, 0) is 86.0 Å². The van der Waals surface area contributed by atoms with Gasteiger partial charge >= 0.3 is 0 Å². The van der Waals surface area contributed by atoms with Crippen molar-refractivity contribution < 1.29 is 19.5 Å². The van der Waals surface area contributed by atoms with Crippen LogP contribution in [0.15, 0.2) is 11.6 Å². The molecule has 4 aliphatic rings. The average molecular weight is 429 g/mol. The monoisotopic (exact) mass is 428 g/mol. The molecule has 0 aromatic heterocycles. The molecule has 8 atom stereocenters. The van der Waals surface area contributed by atoms with Crippen LogP contribution < -0.4 is 0 Å². The summed E-state index contributed by atoms with van der Waals surface area (Å²) in [5.74, 6) is 1.34. The first kappa shape index (κ1) is 22.9. The van der Waals surface area contributed by atoms with Crippen molar-refractivity contribution in [2.45, 2.75) is 91.6 Å². The van der Waals surface area contributed by atoms with Gasteiger partial charge in [0, 0.05) is 24.2 Å². The second kappa shape index (κ2) is 8.24. The Morgan fingerprint density at radius 1 is 1.10 bits per heavy atom. The number of hydrogen-bond acceptors (Lipinski definition) is 4. The van der Waals surface area contributed by atoms with Crippen LogP contribution in [0.25, 0.3) is 0 Å². The average Bonchev–Trinajstić information content (AvgIpc) is 3.04. The summed E-state index contributed by atoms with van der Waals surface area (Å²) in [6.45, 7) is 8.60. The van der Waals surface area contributed by atoms with Gasteiger partial charge in [0.15, 0.2) is 5.78 Å². The zero-order valence-electron chi connectivity index (χ0n) is 19.7. The number of allylic oxidation sites excluding steroid dienone is 1. The summed E-state index contributed by atoms with van der Waals surface area (Å²) in [6.07, 6.45) is 9.70. The van der Waals surface area contributed by atoms with Gasteiger partial charge in [0.2, 0.25) is 0 Å². The van der Waals surface area contributed by atoms with Crippen LogP contribution >= 0.6 is 0 Å². The summed E-state index contributed by atoms with van der Waals surface area (Å²) in [4.78, 5) is 38.1. The third-order valence-electron chi connectivity index (χ3n) is 9.88. The van der Waals surface area contributed by atoms with Gasteiger partial charge < -0.3 is 9.90 Å². The van der Waals surface area contributed by atoms with Crippen molar-refractivity contribution in [3.05, 3.63) is 11.6 Å². The molecule has 0 radical (unpaired) electrons. The minimum atomic E-state index is -0.613. The van der Waals surface area contributed by atoms with Gasteiger partial charge in [-0.2, -0.15) is 0 Å². The predicted molar refractivity (Wildman–Crippen MR) is 120 cm³/mol. The second-order valence-corrected chi connectivity index (χ2v) is 11.8. The maximum atomic E-state index is 13.3. The number of aldehydes is 1. The number of aliphatic hydroxyl groups is 1. The number of fused-ring (bicyclic) bond motifs is 5. The minimum Gasteiger partial charge on any atom is -0.393 e. The number of aliphatic hydroxyl groups excluding tert-OH is 1. The molecule has 31 heavy (non-hydrogen) atoms.